The van der Waals surface area contributed by atoms with Gasteiger partial charge in [0.05, 0.1) is 13.0 Å². The molecule has 0 atom stereocenters. The molecule has 0 radical (unpaired) electrons. The number of amides is 2. The highest BCUT2D eigenvalue weighted by Crippen LogP contribution is 2.24. The number of carbonyl (C=O) groups excluding carboxylic acids is 2. The van der Waals surface area contributed by atoms with Crippen LogP contribution in [-0.4, -0.2) is 36.0 Å². The van der Waals surface area contributed by atoms with Gasteiger partial charge in [-0.05, 0) is 61.4 Å². The van der Waals surface area contributed by atoms with Gasteiger partial charge >= 0.3 is 6.36 Å². The second-order valence-electron chi connectivity index (χ2n) is 8.63. The predicted octanol–water partition coefficient (Wildman–Crippen LogP) is 3.83. The van der Waals surface area contributed by atoms with Crippen LogP contribution in [-0.2, 0) is 29.1 Å². The van der Waals surface area contributed by atoms with Crippen LogP contribution in [0.1, 0.15) is 29.2 Å². The van der Waals surface area contributed by atoms with Gasteiger partial charge in [0, 0.05) is 35.4 Å². The van der Waals surface area contributed by atoms with Crippen LogP contribution in [0.25, 0.3) is 0 Å². The van der Waals surface area contributed by atoms with Gasteiger partial charge in [0.2, 0.25) is 5.91 Å². The number of aromatic nitrogens is 1. The Bertz CT molecular complexity index is 1410. The van der Waals surface area contributed by atoms with Crippen LogP contribution >= 0.6 is 11.6 Å². The van der Waals surface area contributed by atoms with E-state index in [4.69, 9.17) is 16.3 Å². The van der Waals surface area contributed by atoms with Crippen molar-refractivity contribution in [3.8, 4) is 11.5 Å². The molecular weight excluding hydrogens is 553 g/mol. The van der Waals surface area contributed by atoms with E-state index in [2.05, 4.69) is 20.8 Å². The molecule has 0 saturated heterocycles. The van der Waals surface area contributed by atoms with Gasteiger partial charge in [0.25, 0.3) is 11.5 Å². The van der Waals surface area contributed by atoms with Crippen molar-refractivity contribution in [3.05, 3.63) is 92.4 Å². The van der Waals surface area contributed by atoms with Crippen LogP contribution in [0, 0.1) is 6.92 Å². The van der Waals surface area contributed by atoms with Crippen LogP contribution in [0.3, 0.4) is 0 Å². The topological polar surface area (TPSA) is 111 Å². The van der Waals surface area contributed by atoms with Gasteiger partial charge in [0.1, 0.15) is 11.5 Å². The van der Waals surface area contributed by atoms with Crippen molar-refractivity contribution in [1.82, 2.24) is 15.3 Å². The minimum absolute atomic E-state index is 0.0253. The van der Waals surface area contributed by atoms with Crippen molar-refractivity contribution < 1.29 is 32.2 Å². The summed E-state index contributed by atoms with van der Waals surface area (Å²) >= 11 is 6.09. The molecule has 0 spiro atoms. The van der Waals surface area contributed by atoms with E-state index in [0.717, 1.165) is 4.68 Å². The second-order valence-corrected chi connectivity index (χ2v) is 9.07. The lowest BCUT2D eigenvalue weighted by Gasteiger charge is -2.15. The summed E-state index contributed by atoms with van der Waals surface area (Å²) in [7, 11) is 0. The van der Waals surface area contributed by atoms with Gasteiger partial charge in [-0.2, -0.15) is 0 Å². The summed E-state index contributed by atoms with van der Waals surface area (Å²) in [5.41, 5.74) is 4.17. The molecule has 0 bridgehead atoms. The third-order valence-corrected chi connectivity index (χ3v) is 5.82. The number of hydrogen-bond donors (Lipinski definition) is 3. The molecule has 9 nitrogen and oxygen atoms in total. The van der Waals surface area contributed by atoms with Crippen molar-refractivity contribution in [2.24, 2.45) is 0 Å². The molecule has 3 aromatic rings. The highest BCUT2D eigenvalue weighted by atomic mass is 35.5. The standard InChI is InChI=1S/C27H28ClF3N4O5/c1-3-32-25(37)16-39-23-8-7-20(28)12-19(23)15-33-24(36)13-22-17(2)9-10-35(26(22)38)34-14-18-5-4-6-21(11-18)40-27(29,30)31/h4-12,34H,3,13-16H2,1-2H3,(H,32,37)(H,33,36). The Morgan fingerprint density at radius 3 is 2.52 bits per heavy atom. The Kier molecular flexibility index (Phi) is 10.4. The van der Waals surface area contributed by atoms with E-state index in [-0.39, 0.29) is 43.3 Å². The normalized spacial score (nSPS) is 11.1. The molecule has 0 unspecified atom stereocenters. The minimum atomic E-state index is -4.82. The number of hydrogen-bond acceptors (Lipinski definition) is 6. The molecule has 2 amide bonds. The van der Waals surface area contributed by atoms with E-state index < -0.39 is 17.8 Å². The number of benzene rings is 2. The fraction of sp³-hybridized carbons (Fsp3) is 0.296. The highest BCUT2D eigenvalue weighted by Gasteiger charge is 2.31. The summed E-state index contributed by atoms with van der Waals surface area (Å²) in [6.45, 7) is 3.81. The molecule has 40 heavy (non-hydrogen) atoms. The summed E-state index contributed by atoms with van der Waals surface area (Å²) in [5, 5.41) is 5.77. The number of carbonyl (C=O) groups is 2. The average Bonchev–Trinajstić information content (AvgIpc) is 2.88. The molecule has 0 fully saturated rings. The number of alkyl halides is 3. The summed E-state index contributed by atoms with van der Waals surface area (Å²) < 4.78 is 48.1. The van der Waals surface area contributed by atoms with Crippen molar-refractivity contribution >= 4 is 23.4 Å². The molecule has 0 aliphatic heterocycles. The first-order valence-corrected chi connectivity index (χ1v) is 12.6. The predicted molar refractivity (Wildman–Crippen MR) is 143 cm³/mol. The number of aryl methyl sites for hydroxylation is 1. The van der Waals surface area contributed by atoms with Crippen molar-refractivity contribution in [1.29, 1.82) is 0 Å². The summed E-state index contributed by atoms with van der Waals surface area (Å²) in [6, 6.07) is 11.8. The van der Waals surface area contributed by atoms with Crippen LogP contribution in [0.4, 0.5) is 13.2 Å². The Balaban J connectivity index is 1.64. The van der Waals surface area contributed by atoms with E-state index in [1.165, 1.54) is 24.4 Å². The van der Waals surface area contributed by atoms with Crippen LogP contribution in [0.5, 0.6) is 11.5 Å². The first kappa shape index (κ1) is 30.4. The summed E-state index contributed by atoms with van der Waals surface area (Å²) in [4.78, 5) is 37.5. The monoisotopic (exact) mass is 580 g/mol. The Morgan fingerprint density at radius 1 is 1.02 bits per heavy atom. The first-order valence-electron chi connectivity index (χ1n) is 12.2. The minimum Gasteiger partial charge on any atom is -0.483 e. The molecule has 13 heteroatoms. The third kappa shape index (κ3) is 9.23. The molecular formula is C27H28ClF3N4O5. The zero-order valence-electron chi connectivity index (χ0n) is 21.7. The maximum atomic E-state index is 13.0. The van der Waals surface area contributed by atoms with Gasteiger partial charge in [0.15, 0.2) is 6.61 Å². The van der Waals surface area contributed by atoms with E-state index in [9.17, 15) is 27.6 Å². The molecule has 0 aliphatic carbocycles. The average molecular weight is 581 g/mol. The lowest BCUT2D eigenvalue weighted by atomic mass is 10.1. The fourth-order valence-corrected chi connectivity index (χ4v) is 3.87. The lowest BCUT2D eigenvalue weighted by Crippen LogP contribution is -2.34. The van der Waals surface area contributed by atoms with E-state index in [0.29, 0.717) is 34.0 Å². The van der Waals surface area contributed by atoms with Gasteiger partial charge < -0.3 is 25.5 Å². The lowest BCUT2D eigenvalue weighted by molar-refractivity contribution is -0.274. The molecule has 3 N–H and O–H groups in total. The summed E-state index contributed by atoms with van der Waals surface area (Å²) in [5.74, 6) is -0.732. The molecule has 1 aromatic heterocycles. The fourth-order valence-electron chi connectivity index (χ4n) is 3.67. The molecule has 0 saturated carbocycles. The van der Waals surface area contributed by atoms with Gasteiger partial charge in [-0.15, -0.1) is 13.2 Å². The number of ether oxygens (including phenoxy) is 2. The van der Waals surface area contributed by atoms with Gasteiger partial charge in [-0.3, -0.25) is 14.4 Å². The SMILES string of the molecule is CCNC(=O)COc1ccc(Cl)cc1CNC(=O)Cc1c(C)ccn(NCc2cccc(OC(F)(F)F)c2)c1=O. The third-order valence-electron chi connectivity index (χ3n) is 5.58. The van der Waals surface area contributed by atoms with Gasteiger partial charge in [-0.1, -0.05) is 23.7 Å². The van der Waals surface area contributed by atoms with Crippen LogP contribution < -0.4 is 31.1 Å². The number of rotatable bonds is 12. The first-order chi connectivity index (χ1) is 18.9. The number of nitrogens with zero attached hydrogens (tertiary/aromatic N) is 1. The largest absolute Gasteiger partial charge is 0.573 e. The Hall–Kier alpha value is -4.19. The van der Waals surface area contributed by atoms with Crippen LogP contribution in [0.2, 0.25) is 5.02 Å². The molecule has 1 heterocycles. The van der Waals surface area contributed by atoms with E-state index >= 15 is 0 Å². The highest BCUT2D eigenvalue weighted by molar-refractivity contribution is 6.30. The maximum absolute atomic E-state index is 13.0. The van der Waals surface area contributed by atoms with Crippen molar-refractivity contribution in [2.45, 2.75) is 39.7 Å². The number of pyridine rings is 1. The summed E-state index contributed by atoms with van der Waals surface area (Å²) in [6.07, 6.45) is -3.57. The number of likely N-dealkylation sites (N-methyl/N-ethyl adjacent to an activating group) is 1. The van der Waals surface area contributed by atoms with Gasteiger partial charge in [-0.25, -0.2) is 4.68 Å². The zero-order chi connectivity index (χ0) is 29.3. The Labute approximate surface area is 233 Å². The van der Waals surface area contributed by atoms with E-state index in [1.807, 2.05) is 0 Å². The molecule has 2 aromatic carbocycles. The Morgan fingerprint density at radius 2 is 1.80 bits per heavy atom. The van der Waals surface area contributed by atoms with E-state index in [1.54, 1.807) is 44.2 Å². The zero-order valence-corrected chi connectivity index (χ0v) is 22.5. The second kappa shape index (κ2) is 13.7. The maximum Gasteiger partial charge on any atom is 0.573 e. The van der Waals surface area contributed by atoms with Crippen molar-refractivity contribution in [2.75, 3.05) is 18.6 Å². The number of halogens is 4. The van der Waals surface area contributed by atoms with Crippen LogP contribution in [0.15, 0.2) is 59.5 Å². The molecule has 214 valence electrons. The molecule has 0 aliphatic rings. The molecule has 3 rings (SSSR count). The quantitative estimate of drug-likeness (QED) is 0.300. The van der Waals surface area contributed by atoms with Crippen molar-refractivity contribution in [3.63, 3.8) is 0 Å². The smallest absolute Gasteiger partial charge is 0.483 e. The number of nitrogens with one attached hydrogen (secondary N) is 3.